The lowest BCUT2D eigenvalue weighted by Gasteiger charge is -2.05. The van der Waals surface area contributed by atoms with Crippen LogP contribution in [0.2, 0.25) is 0 Å². The van der Waals surface area contributed by atoms with E-state index in [1.54, 1.807) is 23.1 Å². The third-order valence-corrected chi connectivity index (χ3v) is 2.53. The summed E-state index contributed by atoms with van der Waals surface area (Å²) in [7, 11) is 0. The summed E-state index contributed by atoms with van der Waals surface area (Å²) < 4.78 is 2.20. The summed E-state index contributed by atoms with van der Waals surface area (Å²) in [5, 5.41) is 4.35. The summed E-state index contributed by atoms with van der Waals surface area (Å²) in [6.07, 6.45) is 3.42. The van der Waals surface area contributed by atoms with Gasteiger partial charge < -0.3 is 5.73 Å². The summed E-state index contributed by atoms with van der Waals surface area (Å²) in [5.41, 5.74) is 5.64. The second-order valence-corrected chi connectivity index (χ2v) is 3.69. The first-order chi connectivity index (χ1) is 6.68. The van der Waals surface area contributed by atoms with E-state index >= 15 is 0 Å². The number of nitrogens with two attached hydrogens (primary N) is 1. The topological polar surface area (TPSA) is 69.6 Å². The molecule has 0 bridgehead atoms. The van der Waals surface area contributed by atoms with Gasteiger partial charge in [0.2, 0.25) is 0 Å². The molecular formula is C8H10BrN5S. The van der Waals surface area contributed by atoms with Crippen molar-refractivity contribution in [2.45, 2.75) is 12.6 Å². The Morgan fingerprint density at radius 2 is 2.13 bits per heavy atom. The lowest BCUT2D eigenvalue weighted by atomic mass is 10.5. The van der Waals surface area contributed by atoms with E-state index in [4.69, 9.17) is 5.73 Å². The van der Waals surface area contributed by atoms with Crippen molar-refractivity contribution in [3.8, 4) is 5.82 Å². The number of nitrogen functional groups attached to an aromatic ring is 1. The van der Waals surface area contributed by atoms with Gasteiger partial charge in [-0.3, -0.25) is 0 Å². The Morgan fingerprint density at radius 3 is 2.73 bits per heavy atom. The van der Waals surface area contributed by atoms with Crippen LogP contribution in [0.1, 0.15) is 7.43 Å². The summed E-state index contributed by atoms with van der Waals surface area (Å²) in [6.45, 7) is 0. The van der Waals surface area contributed by atoms with Gasteiger partial charge in [0.05, 0.1) is 0 Å². The van der Waals surface area contributed by atoms with Crippen LogP contribution < -0.4 is 5.73 Å². The van der Waals surface area contributed by atoms with Crippen LogP contribution in [0.5, 0.6) is 0 Å². The van der Waals surface area contributed by atoms with Crippen LogP contribution in [0.3, 0.4) is 0 Å². The third kappa shape index (κ3) is 2.29. The Morgan fingerprint density at radius 1 is 1.40 bits per heavy atom. The molecule has 0 unspecified atom stereocenters. The molecule has 0 aromatic carbocycles. The average Bonchev–Trinajstić information content (AvgIpc) is 2.63. The smallest absolute Gasteiger partial charge is 0.188 e. The van der Waals surface area contributed by atoms with Crippen molar-refractivity contribution < 1.29 is 0 Å². The van der Waals surface area contributed by atoms with Crippen LogP contribution >= 0.6 is 28.6 Å². The predicted molar refractivity (Wildman–Crippen MR) is 65.2 cm³/mol. The van der Waals surface area contributed by atoms with Gasteiger partial charge in [0.1, 0.15) is 10.3 Å². The summed E-state index contributed by atoms with van der Waals surface area (Å²) >= 11 is 7.33. The van der Waals surface area contributed by atoms with Crippen molar-refractivity contribution in [1.29, 1.82) is 0 Å². The molecule has 0 atom stereocenters. The normalized spacial score (nSPS) is 9.73. The van der Waals surface area contributed by atoms with Crippen LogP contribution in [0, 0.1) is 0 Å². The maximum Gasteiger partial charge on any atom is 0.188 e. The molecule has 5 nitrogen and oxygen atoms in total. The highest BCUT2D eigenvalue weighted by atomic mass is 79.9. The Kier molecular flexibility index (Phi) is 3.70. The SMILES string of the molecule is C.Nc1nc(S)nc(-n2cccn2)c1Br. The number of hydrogen-bond acceptors (Lipinski definition) is 5. The van der Waals surface area contributed by atoms with Gasteiger partial charge in [-0.25, -0.2) is 14.6 Å². The minimum Gasteiger partial charge on any atom is -0.383 e. The summed E-state index contributed by atoms with van der Waals surface area (Å²) in [4.78, 5) is 7.99. The van der Waals surface area contributed by atoms with Gasteiger partial charge in [-0.1, -0.05) is 7.43 Å². The molecular weight excluding hydrogens is 278 g/mol. The third-order valence-electron chi connectivity index (χ3n) is 1.57. The zero-order chi connectivity index (χ0) is 10.1. The second-order valence-electron chi connectivity index (χ2n) is 2.50. The van der Waals surface area contributed by atoms with Gasteiger partial charge in [-0.05, 0) is 22.0 Å². The number of rotatable bonds is 1. The van der Waals surface area contributed by atoms with E-state index in [0.29, 0.717) is 21.3 Å². The maximum atomic E-state index is 5.64. The van der Waals surface area contributed by atoms with Gasteiger partial charge in [0.25, 0.3) is 0 Å². The lowest BCUT2D eigenvalue weighted by Crippen LogP contribution is -2.04. The molecule has 0 aliphatic heterocycles. The molecule has 80 valence electrons. The second kappa shape index (κ2) is 4.63. The molecule has 0 aliphatic carbocycles. The van der Waals surface area contributed by atoms with Gasteiger partial charge in [-0.15, -0.1) is 12.6 Å². The first kappa shape index (κ1) is 12.0. The van der Waals surface area contributed by atoms with Crippen LogP contribution in [0.25, 0.3) is 5.82 Å². The molecule has 15 heavy (non-hydrogen) atoms. The molecule has 0 spiro atoms. The highest BCUT2D eigenvalue weighted by Gasteiger charge is 2.10. The number of aromatic nitrogens is 4. The molecule has 0 amide bonds. The molecule has 0 aliphatic rings. The molecule has 2 aromatic heterocycles. The standard InChI is InChI=1S/C7H6BrN5S.CH4/c8-4-5(9)11-7(14)12-6(4)13-3-1-2-10-13;/h1-3H,(H3,9,11,12,14);1H4. The lowest BCUT2D eigenvalue weighted by molar-refractivity contribution is 0.805. The average molecular weight is 288 g/mol. The molecule has 0 radical (unpaired) electrons. The summed E-state index contributed by atoms with van der Waals surface area (Å²) in [6, 6.07) is 1.79. The van der Waals surface area contributed by atoms with Gasteiger partial charge in [0.15, 0.2) is 11.0 Å². The highest BCUT2D eigenvalue weighted by Crippen LogP contribution is 2.24. The Bertz CT molecular complexity index is 456. The van der Waals surface area contributed by atoms with Crippen molar-refractivity contribution in [2.75, 3.05) is 5.73 Å². The van der Waals surface area contributed by atoms with E-state index in [2.05, 4.69) is 43.6 Å². The number of anilines is 1. The minimum atomic E-state index is 0. The molecule has 2 N–H and O–H groups in total. The first-order valence-corrected chi connectivity index (χ1v) is 4.94. The van der Waals surface area contributed by atoms with E-state index < -0.39 is 0 Å². The fourth-order valence-electron chi connectivity index (χ4n) is 0.986. The van der Waals surface area contributed by atoms with Gasteiger partial charge in [0, 0.05) is 12.4 Å². The largest absolute Gasteiger partial charge is 0.383 e. The Balaban J connectivity index is 0.00000112. The fraction of sp³-hybridized carbons (Fsp3) is 0.125. The van der Waals surface area contributed by atoms with Crippen molar-refractivity contribution in [2.24, 2.45) is 0 Å². The maximum absolute atomic E-state index is 5.64. The predicted octanol–water partition coefficient (Wildman–Crippen LogP) is 1.93. The molecule has 2 aromatic rings. The molecule has 0 saturated carbocycles. The zero-order valence-corrected chi connectivity index (χ0v) is 9.40. The number of nitrogens with zero attached hydrogens (tertiary/aromatic N) is 4. The van der Waals surface area contributed by atoms with Crippen LogP contribution in [-0.4, -0.2) is 19.7 Å². The molecule has 0 saturated heterocycles. The van der Waals surface area contributed by atoms with E-state index in [1.165, 1.54) is 0 Å². The minimum absolute atomic E-state index is 0. The van der Waals surface area contributed by atoms with Crippen molar-refractivity contribution in [3.63, 3.8) is 0 Å². The fourth-order valence-corrected chi connectivity index (χ4v) is 1.55. The zero-order valence-electron chi connectivity index (χ0n) is 6.92. The van der Waals surface area contributed by atoms with Gasteiger partial charge >= 0.3 is 0 Å². The molecule has 2 heterocycles. The van der Waals surface area contributed by atoms with Crippen molar-refractivity contribution in [3.05, 3.63) is 22.9 Å². The number of thiol groups is 1. The van der Waals surface area contributed by atoms with Crippen LogP contribution in [0.15, 0.2) is 28.1 Å². The van der Waals surface area contributed by atoms with E-state index in [0.717, 1.165) is 0 Å². The van der Waals surface area contributed by atoms with Crippen LogP contribution in [-0.2, 0) is 0 Å². The summed E-state index contributed by atoms with van der Waals surface area (Å²) in [5.74, 6) is 0.919. The highest BCUT2D eigenvalue weighted by molar-refractivity contribution is 9.10. The van der Waals surface area contributed by atoms with E-state index in [1.807, 2.05) is 0 Å². The van der Waals surface area contributed by atoms with E-state index in [-0.39, 0.29) is 7.43 Å². The quantitative estimate of drug-likeness (QED) is 0.621. The van der Waals surface area contributed by atoms with Crippen molar-refractivity contribution >= 4 is 34.4 Å². The molecule has 7 heteroatoms. The van der Waals surface area contributed by atoms with Gasteiger partial charge in [-0.2, -0.15) is 5.10 Å². The Hall–Kier alpha value is -1.08. The Labute approximate surface area is 101 Å². The number of hydrogen-bond donors (Lipinski definition) is 2. The van der Waals surface area contributed by atoms with Crippen LogP contribution in [0.4, 0.5) is 5.82 Å². The van der Waals surface area contributed by atoms with Crippen molar-refractivity contribution in [1.82, 2.24) is 19.7 Å². The van der Waals surface area contributed by atoms with E-state index in [9.17, 15) is 0 Å². The number of halogens is 1. The molecule has 2 rings (SSSR count). The monoisotopic (exact) mass is 287 g/mol. The molecule has 0 fully saturated rings. The first-order valence-electron chi connectivity index (χ1n) is 3.70.